The molecule has 172 valence electrons. The summed E-state index contributed by atoms with van der Waals surface area (Å²) >= 11 is 17.5. The molecule has 0 radical (unpaired) electrons. The number of hydrogen-bond donors (Lipinski definition) is 0. The van der Waals surface area contributed by atoms with E-state index in [4.69, 9.17) is 47.4 Å². The van der Waals surface area contributed by atoms with Gasteiger partial charge in [0.25, 0.3) is 0 Å². The van der Waals surface area contributed by atoms with Gasteiger partial charge in [0.15, 0.2) is 11.5 Å². The van der Waals surface area contributed by atoms with Gasteiger partial charge in [0, 0.05) is 6.08 Å². The van der Waals surface area contributed by atoms with Crippen LogP contribution in [0.2, 0.25) is 6.04 Å². The fourth-order valence-corrected chi connectivity index (χ4v) is 4.42. The Balaban J connectivity index is 1.93. The van der Waals surface area contributed by atoms with Gasteiger partial charge in [-0.2, -0.15) is 0 Å². The van der Waals surface area contributed by atoms with Crippen LogP contribution in [0.25, 0.3) is 6.08 Å². The zero-order valence-corrected chi connectivity index (χ0v) is 20.9. The third kappa shape index (κ3) is 9.12. The van der Waals surface area contributed by atoms with Crippen LogP contribution < -0.4 is 14.2 Å². The highest BCUT2D eigenvalue weighted by Crippen LogP contribution is 2.30. The van der Waals surface area contributed by atoms with Crippen LogP contribution in [0.15, 0.2) is 48.5 Å². The second-order valence-electron chi connectivity index (χ2n) is 6.60. The molecule has 0 saturated heterocycles. The zero-order valence-electron chi connectivity index (χ0n) is 17.6. The van der Waals surface area contributed by atoms with Gasteiger partial charge in [0.05, 0.1) is 26.4 Å². The molecule has 0 aromatic heterocycles. The van der Waals surface area contributed by atoms with Crippen LogP contribution >= 0.6 is 33.2 Å². The van der Waals surface area contributed by atoms with E-state index in [0.717, 1.165) is 12.8 Å². The van der Waals surface area contributed by atoms with Gasteiger partial charge < -0.3 is 18.9 Å². The highest BCUT2D eigenvalue weighted by Gasteiger charge is 2.23. The van der Waals surface area contributed by atoms with Crippen LogP contribution in [0.5, 0.6) is 17.2 Å². The Morgan fingerprint density at radius 1 is 0.969 bits per heavy atom. The minimum Gasteiger partial charge on any atom is -0.494 e. The number of unbranched alkanes of at least 4 members (excludes halogenated alkanes) is 1. The molecule has 0 unspecified atom stereocenters. The van der Waals surface area contributed by atoms with Crippen LogP contribution in [-0.4, -0.2) is 38.8 Å². The standard InChI is InChI=1S/C22H23Cl3O6Si/c1-28-20-15-16(6-12-21(26)29-2)5-11-19(20)31-22(27)17-7-9-18(10-8-17)30-13-3-4-14-32(23,24)25/h5-12,15H,3-4,13-14H2,1-2H3. The van der Waals surface area contributed by atoms with Gasteiger partial charge in [-0.1, -0.05) is 6.07 Å². The van der Waals surface area contributed by atoms with Gasteiger partial charge in [-0.05, 0) is 66.9 Å². The van der Waals surface area contributed by atoms with Crippen molar-refractivity contribution in [1.82, 2.24) is 0 Å². The van der Waals surface area contributed by atoms with Crippen molar-refractivity contribution in [3.63, 3.8) is 0 Å². The molecule has 0 heterocycles. The summed E-state index contributed by atoms with van der Waals surface area (Å²) in [5, 5.41) is 0. The quantitative estimate of drug-likeness (QED) is 0.0921. The third-order valence-electron chi connectivity index (χ3n) is 4.22. The topological polar surface area (TPSA) is 71.1 Å². The zero-order chi connectivity index (χ0) is 23.6. The van der Waals surface area contributed by atoms with Crippen molar-refractivity contribution < 1.29 is 28.5 Å². The van der Waals surface area contributed by atoms with Gasteiger partial charge >= 0.3 is 17.9 Å². The average Bonchev–Trinajstić information content (AvgIpc) is 2.77. The maximum absolute atomic E-state index is 12.5. The van der Waals surface area contributed by atoms with E-state index in [0.29, 0.717) is 35.3 Å². The molecule has 0 saturated carbocycles. The Morgan fingerprint density at radius 2 is 1.69 bits per heavy atom. The third-order valence-corrected chi connectivity index (χ3v) is 6.84. The number of hydrogen-bond acceptors (Lipinski definition) is 6. The summed E-state index contributed by atoms with van der Waals surface area (Å²) < 4.78 is 20.9. The first kappa shape index (κ1) is 26.1. The minimum absolute atomic E-state index is 0.255. The molecule has 0 bridgehead atoms. The summed E-state index contributed by atoms with van der Waals surface area (Å²) in [5.74, 6) is 0.220. The molecule has 0 aliphatic heterocycles. The lowest BCUT2D eigenvalue weighted by molar-refractivity contribution is -0.134. The first-order valence-electron chi connectivity index (χ1n) is 9.67. The molecule has 2 rings (SSSR count). The monoisotopic (exact) mass is 516 g/mol. The van der Waals surface area contributed by atoms with Crippen LogP contribution in [0.1, 0.15) is 28.8 Å². The van der Waals surface area contributed by atoms with Crippen molar-refractivity contribution in [2.75, 3.05) is 20.8 Å². The van der Waals surface area contributed by atoms with Gasteiger partial charge in [-0.3, -0.25) is 0 Å². The van der Waals surface area contributed by atoms with E-state index in [1.165, 1.54) is 20.3 Å². The summed E-state index contributed by atoms with van der Waals surface area (Å²) in [6.07, 6.45) is 4.41. The molecule has 0 aliphatic rings. The number of esters is 2. The molecule has 0 spiro atoms. The summed E-state index contributed by atoms with van der Waals surface area (Å²) in [6, 6.07) is 9.55. The second-order valence-corrected chi connectivity index (χ2v) is 15.9. The summed E-state index contributed by atoms with van der Waals surface area (Å²) in [5.41, 5.74) is 1.04. The lowest BCUT2D eigenvalue weighted by Crippen LogP contribution is -2.10. The van der Waals surface area contributed by atoms with Crippen molar-refractivity contribution in [1.29, 1.82) is 0 Å². The van der Waals surface area contributed by atoms with E-state index >= 15 is 0 Å². The molecular formula is C22H23Cl3O6Si. The predicted octanol–water partition coefficient (Wildman–Crippen LogP) is 5.91. The fraction of sp³-hybridized carbons (Fsp3) is 0.273. The largest absolute Gasteiger partial charge is 0.494 e. The predicted molar refractivity (Wildman–Crippen MR) is 128 cm³/mol. The Hall–Kier alpha value is -2.19. The Morgan fingerprint density at radius 3 is 2.31 bits per heavy atom. The van der Waals surface area contributed by atoms with E-state index < -0.39 is 17.9 Å². The van der Waals surface area contributed by atoms with E-state index in [2.05, 4.69) is 4.74 Å². The molecule has 10 heteroatoms. The molecule has 0 atom stereocenters. The highest BCUT2D eigenvalue weighted by atomic mass is 35.8. The van der Waals surface area contributed by atoms with Gasteiger partial charge in [-0.25, -0.2) is 9.59 Å². The van der Waals surface area contributed by atoms with Crippen molar-refractivity contribution in [2.45, 2.75) is 18.9 Å². The number of halogens is 3. The molecule has 6 nitrogen and oxygen atoms in total. The van der Waals surface area contributed by atoms with E-state index in [-0.39, 0.29) is 5.75 Å². The molecule has 2 aromatic rings. The molecule has 0 fully saturated rings. The Kier molecular flexibility index (Phi) is 10.4. The second kappa shape index (κ2) is 12.7. The summed E-state index contributed by atoms with van der Waals surface area (Å²) in [7, 11) is 2.76. The molecule has 0 N–H and O–H groups in total. The minimum atomic E-state index is -2.58. The van der Waals surface area contributed by atoms with Crippen LogP contribution in [0.4, 0.5) is 0 Å². The lowest BCUT2D eigenvalue weighted by atomic mass is 10.2. The Labute approximate surface area is 202 Å². The van der Waals surface area contributed by atoms with Crippen molar-refractivity contribution >= 4 is 57.3 Å². The van der Waals surface area contributed by atoms with Crippen molar-refractivity contribution in [3.05, 3.63) is 59.7 Å². The number of carbonyl (C=O) groups excluding carboxylic acids is 2. The highest BCUT2D eigenvalue weighted by molar-refractivity contribution is 7.64. The number of methoxy groups -OCH3 is 2. The SMILES string of the molecule is COC(=O)C=Cc1ccc(OC(=O)c2ccc(OCCCC[Si](Cl)(Cl)Cl)cc2)c(OC)c1. The molecular weight excluding hydrogens is 495 g/mol. The Bertz CT molecular complexity index is 942. The molecule has 32 heavy (non-hydrogen) atoms. The summed E-state index contributed by atoms with van der Waals surface area (Å²) in [6.45, 7) is 0.493. The summed E-state index contributed by atoms with van der Waals surface area (Å²) in [4.78, 5) is 23.7. The van der Waals surface area contributed by atoms with Crippen molar-refractivity contribution in [3.8, 4) is 17.2 Å². The van der Waals surface area contributed by atoms with Crippen LogP contribution in [0.3, 0.4) is 0 Å². The number of ether oxygens (including phenoxy) is 4. The molecule has 0 amide bonds. The van der Waals surface area contributed by atoms with E-state index in [1.54, 1.807) is 48.5 Å². The van der Waals surface area contributed by atoms with Crippen molar-refractivity contribution in [2.24, 2.45) is 0 Å². The number of carbonyl (C=O) groups is 2. The fourth-order valence-electron chi connectivity index (χ4n) is 2.57. The maximum atomic E-state index is 12.5. The molecule has 0 aliphatic carbocycles. The average molecular weight is 518 g/mol. The first-order chi connectivity index (χ1) is 15.2. The van der Waals surface area contributed by atoms with Gasteiger partial charge in [0.2, 0.25) is 0 Å². The van der Waals surface area contributed by atoms with Crippen LogP contribution in [0, 0.1) is 0 Å². The van der Waals surface area contributed by atoms with Gasteiger partial charge in [-0.15, -0.1) is 33.2 Å². The number of benzene rings is 2. The first-order valence-corrected chi connectivity index (χ1v) is 14.9. The number of rotatable bonds is 11. The molecule has 2 aromatic carbocycles. The smallest absolute Gasteiger partial charge is 0.343 e. The maximum Gasteiger partial charge on any atom is 0.343 e. The van der Waals surface area contributed by atoms with E-state index in [1.807, 2.05) is 0 Å². The van der Waals surface area contributed by atoms with E-state index in [9.17, 15) is 9.59 Å². The normalized spacial score (nSPS) is 11.3. The van der Waals surface area contributed by atoms with Gasteiger partial charge in [0.1, 0.15) is 5.75 Å². The van der Waals surface area contributed by atoms with Crippen LogP contribution in [-0.2, 0) is 9.53 Å². The lowest BCUT2D eigenvalue weighted by Gasteiger charge is -2.11.